The van der Waals surface area contributed by atoms with Gasteiger partial charge < -0.3 is 9.84 Å². The van der Waals surface area contributed by atoms with Crippen LogP contribution in [0.25, 0.3) is 0 Å². The van der Waals surface area contributed by atoms with E-state index in [0.29, 0.717) is 4.88 Å². The fourth-order valence-corrected chi connectivity index (χ4v) is 2.26. The first-order valence-corrected chi connectivity index (χ1v) is 6.02. The maximum Gasteiger partial charge on any atom is 0.128 e. The number of nitrogens with zero attached hydrogens (tertiary/aromatic N) is 2. The highest BCUT2D eigenvalue weighted by Crippen LogP contribution is 2.34. The normalized spacial score (nSPS) is 12.5. The molecule has 1 unspecified atom stereocenters. The highest BCUT2D eigenvalue weighted by molar-refractivity contribution is 7.05. The summed E-state index contributed by atoms with van der Waals surface area (Å²) < 4.78 is 9.14. The molecule has 2 rings (SSSR count). The summed E-state index contributed by atoms with van der Waals surface area (Å²) in [6, 6.07) is 3.86. The van der Waals surface area contributed by atoms with Gasteiger partial charge in [-0.3, -0.25) is 0 Å². The molecule has 4 nitrogen and oxygen atoms in total. The lowest BCUT2D eigenvalue weighted by atomic mass is 10.00. The first kappa shape index (κ1) is 12.0. The number of aliphatic hydroxyl groups is 1. The summed E-state index contributed by atoms with van der Waals surface area (Å²) >= 11 is 1.19. The van der Waals surface area contributed by atoms with Crippen molar-refractivity contribution in [2.75, 3.05) is 7.11 Å². The maximum absolute atomic E-state index is 10.3. The van der Waals surface area contributed by atoms with E-state index in [4.69, 9.17) is 4.74 Å². The molecule has 0 aliphatic carbocycles. The quantitative estimate of drug-likeness (QED) is 0.907. The van der Waals surface area contributed by atoms with Gasteiger partial charge in [-0.2, -0.15) is 0 Å². The van der Waals surface area contributed by atoms with Crippen LogP contribution in [0.5, 0.6) is 5.75 Å². The van der Waals surface area contributed by atoms with Crippen LogP contribution in [0.15, 0.2) is 18.3 Å². The van der Waals surface area contributed by atoms with Crippen LogP contribution >= 0.6 is 11.5 Å². The van der Waals surface area contributed by atoms with Gasteiger partial charge in [0, 0.05) is 5.56 Å². The number of ether oxygens (including phenoxy) is 1. The molecule has 0 saturated heterocycles. The average Bonchev–Trinajstić information content (AvgIpc) is 2.85. The summed E-state index contributed by atoms with van der Waals surface area (Å²) in [6.07, 6.45) is 0.841. The summed E-state index contributed by atoms with van der Waals surface area (Å²) in [7, 11) is 1.61. The Bertz CT molecular complexity index is 511. The van der Waals surface area contributed by atoms with E-state index in [1.807, 2.05) is 26.0 Å². The lowest BCUT2D eigenvalue weighted by Crippen LogP contribution is -2.03. The molecule has 2 aromatic rings. The summed E-state index contributed by atoms with van der Waals surface area (Å²) in [5, 5.41) is 14.0. The van der Waals surface area contributed by atoms with Crippen LogP contribution in [0.1, 0.15) is 27.7 Å². The largest absolute Gasteiger partial charge is 0.496 e. The highest BCUT2D eigenvalue weighted by atomic mass is 32.1. The third-order valence-electron chi connectivity index (χ3n) is 2.85. The Morgan fingerprint density at radius 2 is 2.12 bits per heavy atom. The summed E-state index contributed by atoms with van der Waals surface area (Å²) in [6.45, 7) is 4.00. The number of aliphatic hydroxyl groups excluding tert-OH is 1. The van der Waals surface area contributed by atoms with Crippen LogP contribution in [-0.4, -0.2) is 21.8 Å². The van der Waals surface area contributed by atoms with E-state index < -0.39 is 6.10 Å². The van der Waals surface area contributed by atoms with Crippen LogP contribution in [0, 0.1) is 13.8 Å². The van der Waals surface area contributed by atoms with Gasteiger partial charge in [-0.1, -0.05) is 16.6 Å². The van der Waals surface area contributed by atoms with E-state index in [-0.39, 0.29) is 0 Å². The van der Waals surface area contributed by atoms with E-state index in [1.165, 1.54) is 11.5 Å². The molecular formula is C12H14N2O2S. The Hall–Kier alpha value is -1.46. The summed E-state index contributed by atoms with van der Waals surface area (Å²) in [5.41, 5.74) is 2.93. The highest BCUT2D eigenvalue weighted by Gasteiger charge is 2.19. The van der Waals surface area contributed by atoms with E-state index in [0.717, 1.165) is 22.4 Å². The van der Waals surface area contributed by atoms with Crippen molar-refractivity contribution >= 4 is 11.5 Å². The number of methoxy groups -OCH3 is 1. The number of hydrogen-bond donors (Lipinski definition) is 1. The van der Waals surface area contributed by atoms with Crippen LogP contribution in [0.4, 0.5) is 0 Å². The predicted molar refractivity (Wildman–Crippen MR) is 66.4 cm³/mol. The van der Waals surface area contributed by atoms with Crippen molar-refractivity contribution in [3.63, 3.8) is 0 Å². The second kappa shape index (κ2) is 4.81. The molecule has 1 aromatic carbocycles. The number of hydrogen-bond acceptors (Lipinski definition) is 5. The molecular weight excluding hydrogens is 236 g/mol. The van der Waals surface area contributed by atoms with Gasteiger partial charge in [0.15, 0.2) is 0 Å². The smallest absolute Gasteiger partial charge is 0.128 e. The van der Waals surface area contributed by atoms with Crippen LogP contribution in [-0.2, 0) is 0 Å². The first-order valence-electron chi connectivity index (χ1n) is 5.24. The molecule has 90 valence electrons. The molecule has 0 aliphatic heterocycles. The molecule has 0 aliphatic rings. The van der Waals surface area contributed by atoms with Crippen LogP contribution in [0.2, 0.25) is 0 Å². The Kier molecular flexibility index (Phi) is 3.40. The summed E-state index contributed by atoms with van der Waals surface area (Å²) in [5.74, 6) is 0.728. The van der Waals surface area contributed by atoms with Crippen LogP contribution in [0.3, 0.4) is 0 Å². The molecule has 0 radical (unpaired) electrons. The molecule has 5 heteroatoms. The SMILES string of the molecule is COc1c(C(O)c2cnns2)ccc(C)c1C. The Labute approximate surface area is 104 Å². The number of aryl methyl sites for hydroxylation is 1. The van der Waals surface area contributed by atoms with Crippen LogP contribution < -0.4 is 4.74 Å². The summed E-state index contributed by atoms with van der Waals surface area (Å²) in [4.78, 5) is 0.714. The van der Waals surface area contributed by atoms with Gasteiger partial charge in [-0.15, -0.1) is 5.10 Å². The first-order chi connectivity index (χ1) is 8.15. The molecule has 0 bridgehead atoms. The van der Waals surface area contributed by atoms with Crippen molar-refractivity contribution < 1.29 is 9.84 Å². The molecule has 1 heterocycles. The van der Waals surface area contributed by atoms with Gasteiger partial charge in [0.25, 0.3) is 0 Å². The lowest BCUT2D eigenvalue weighted by Gasteiger charge is -2.16. The third-order valence-corrected chi connectivity index (χ3v) is 3.57. The zero-order valence-electron chi connectivity index (χ0n) is 9.97. The van der Waals surface area contributed by atoms with E-state index in [9.17, 15) is 5.11 Å². The number of benzene rings is 1. The zero-order chi connectivity index (χ0) is 12.4. The molecule has 0 amide bonds. The minimum absolute atomic E-state index is 0.714. The predicted octanol–water partition coefficient (Wildman–Crippen LogP) is 2.25. The zero-order valence-corrected chi connectivity index (χ0v) is 10.8. The fourth-order valence-electron chi connectivity index (χ4n) is 1.75. The van der Waals surface area contributed by atoms with Crippen molar-refractivity contribution in [1.29, 1.82) is 0 Å². The third kappa shape index (κ3) is 2.16. The van der Waals surface area contributed by atoms with Gasteiger partial charge >= 0.3 is 0 Å². The number of rotatable bonds is 3. The molecule has 0 spiro atoms. The molecule has 17 heavy (non-hydrogen) atoms. The van der Waals surface area contributed by atoms with E-state index >= 15 is 0 Å². The van der Waals surface area contributed by atoms with Crippen molar-refractivity contribution in [2.45, 2.75) is 20.0 Å². The van der Waals surface area contributed by atoms with Crippen molar-refractivity contribution in [1.82, 2.24) is 9.59 Å². The van der Waals surface area contributed by atoms with E-state index in [1.54, 1.807) is 13.3 Å². The van der Waals surface area contributed by atoms with Gasteiger partial charge in [-0.05, 0) is 36.5 Å². The van der Waals surface area contributed by atoms with Crippen molar-refractivity contribution in [3.05, 3.63) is 39.9 Å². The van der Waals surface area contributed by atoms with E-state index in [2.05, 4.69) is 9.59 Å². The Morgan fingerprint density at radius 3 is 2.71 bits per heavy atom. The monoisotopic (exact) mass is 250 g/mol. The minimum Gasteiger partial charge on any atom is -0.496 e. The molecule has 0 fully saturated rings. The van der Waals surface area contributed by atoms with Gasteiger partial charge in [0.05, 0.1) is 18.2 Å². The molecule has 1 N–H and O–H groups in total. The average molecular weight is 250 g/mol. The standard InChI is InChI=1S/C12H14N2O2S/c1-7-4-5-9(12(16-3)8(7)2)11(15)10-6-13-14-17-10/h4-6,11,15H,1-3H3. The topological polar surface area (TPSA) is 55.2 Å². The van der Waals surface area contributed by atoms with Gasteiger partial charge in [0.2, 0.25) is 0 Å². The molecule has 1 atom stereocenters. The minimum atomic E-state index is -0.732. The lowest BCUT2D eigenvalue weighted by molar-refractivity contribution is 0.218. The second-order valence-electron chi connectivity index (χ2n) is 3.85. The van der Waals surface area contributed by atoms with Gasteiger partial charge in [0.1, 0.15) is 11.9 Å². The Balaban J connectivity index is 2.49. The Morgan fingerprint density at radius 1 is 1.35 bits per heavy atom. The maximum atomic E-state index is 10.3. The fraction of sp³-hybridized carbons (Fsp3) is 0.333. The van der Waals surface area contributed by atoms with Crippen molar-refractivity contribution in [2.24, 2.45) is 0 Å². The number of aromatic nitrogens is 2. The molecule has 0 saturated carbocycles. The second-order valence-corrected chi connectivity index (χ2v) is 4.67. The van der Waals surface area contributed by atoms with Gasteiger partial charge in [-0.25, -0.2) is 0 Å². The molecule has 1 aromatic heterocycles. The van der Waals surface area contributed by atoms with Crippen molar-refractivity contribution in [3.8, 4) is 5.75 Å².